The maximum absolute atomic E-state index is 13.2. The molecule has 1 atom stereocenters. The van der Waals surface area contributed by atoms with Crippen LogP contribution in [0.5, 0.6) is 0 Å². The van der Waals surface area contributed by atoms with Crippen molar-refractivity contribution in [2.24, 2.45) is 5.84 Å². The lowest BCUT2D eigenvalue weighted by molar-refractivity contribution is 0.608. The Hall–Kier alpha value is -1.23. The van der Waals surface area contributed by atoms with Gasteiger partial charge in [-0.05, 0) is 43.2 Å². The summed E-state index contributed by atoms with van der Waals surface area (Å²) in [6.45, 7) is 4.14. The molecule has 0 spiro atoms. The molecule has 1 unspecified atom stereocenters. The van der Waals surface area contributed by atoms with Crippen LogP contribution in [0.1, 0.15) is 26.9 Å². The number of hydrogen-bond acceptors (Lipinski definition) is 3. The van der Waals surface area contributed by atoms with E-state index in [1.54, 1.807) is 17.4 Å². The Kier molecular flexibility index (Phi) is 3.57. The molecule has 0 aliphatic carbocycles. The SMILES string of the molecule is Cc1cc(C(NN)c2cccc(F)c2)sc1C. The van der Waals surface area contributed by atoms with E-state index in [2.05, 4.69) is 25.3 Å². The zero-order valence-corrected chi connectivity index (χ0v) is 10.6. The van der Waals surface area contributed by atoms with E-state index in [-0.39, 0.29) is 11.9 Å². The lowest BCUT2D eigenvalue weighted by Gasteiger charge is -2.14. The van der Waals surface area contributed by atoms with Crippen molar-refractivity contribution in [1.29, 1.82) is 0 Å². The summed E-state index contributed by atoms with van der Waals surface area (Å²) in [5, 5.41) is 0. The normalized spacial score (nSPS) is 12.7. The van der Waals surface area contributed by atoms with Crippen LogP contribution in [0.3, 0.4) is 0 Å². The van der Waals surface area contributed by atoms with E-state index >= 15 is 0 Å². The Morgan fingerprint density at radius 1 is 1.29 bits per heavy atom. The second kappa shape index (κ2) is 4.96. The highest BCUT2D eigenvalue weighted by atomic mass is 32.1. The van der Waals surface area contributed by atoms with E-state index in [0.717, 1.165) is 10.4 Å². The molecule has 2 rings (SSSR count). The fourth-order valence-corrected chi connectivity index (χ4v) is 2.90. The first kappa shape index (κ1) is 12.2. The lowest BCUT2D eigenvalue weighted by atomic mass is 10.1. The first-order valence-electron chi connectivity index (χ1n) is 5.40. The third kappa shape index (κ3) is 2.54. The van der Waals surface area contributed by atoms with Crippen LogP contribution in [0.4, 0.5) is 4.39 Å². The van der Waals surface area contributed by atoms with Gasteiger partial charge < -0.3 is 0 Å². The predicted octanol–water partition coefficient (Wildman–Crippen LogP) is 3.06. The minimum absolute atomic E-state index is 0.150. The van der Waals surface area contributed by atoms with Gasteiger partial charge in [0.25, 0.3) is 0 Å². The summed E-state index contributed by atoms with van der Waals surface area (Å²) in [6, 6.07) is 8.45. The summed E-state index contributed by atoms with van der Waals surface area (Å²) in [5.74, 6) is 5.34. The monoisotopic (exact) mass is 250 g/mol. The molecule has 4 heteroatoms. The van der Waals surface area contributed by atoms with Crippen LogP contribution in [-0.4, -0.2) is 0 Å². The van der Waals surface area contributed by atoms with Gasteiger partial charge in [-0.2, -0.15) is 0 Å². The highest BCUT2D eigenvalue weighted by Crippen LogP contribution is 2.30. The number of thiophene rings is 1. The Labute approximate surface area is 104 Å². The minimum atomic E-state index is -0.243. The van der Waals surface area contributed by atoms with Crippen LogP contribution in [0.15, 0.2) is 30.3 Å². The van der Waals surface area contributed by atoms with Crippen LogP contribution >= 0.6 is 11.3 Å². The standard InChI is InChI=1S/C13H15FN2S/c1-8-6-12(17-9(8)2)13(16-15)10-4-3-5-11(14)7-10/h3-7,13,16H,15H2,1-2H3. The van der Waals surface area contributed by atoms with Crippen molar-refractivity contribution in [3.63, 3.8) is 0 Å². The molecular formula is C13H15FN2S. The molecular weight excluding hydrogens is 235 g/mol. The third-order valence-electron chi connectivity index (χ3n) is 2.82. The van der Waals surface area contributed by atoms with Crippen LogP contribution < -0.4 is 11.3 Å². The van der Waals surface area contributed by atoms with Crippen molar-refractivity contribution in [1.82, 2.24) is 5.43 Å². The third-order valence-corrected chi connectivity index (χ3v) is 4.04. The number of nitrogens with two attached hydrogens (primary N) is 1. The lowest BCUT2D eigenvalue weighted by Crippen LogP contribution is -2.28. The molecule has 3 N–H and O–H groups in total. The van der Waals surface area contributed by atoms with Gasteiger partial charge in [0, 0.05) is 9.75 Å². The van der Waals surface area contributed by atoms with Gasteiger partial charge in [-0.25, -0.2) is 9.82 Å². The number of rotatable bonds is 3. The van der Waals surface area contributed by atoms with E-state index in [1.165, 1.54) is 22.6 Å². The maximum Gasteiger partial charge on any atom is 0.123 e. The first-order valence-corrected chi connectivity index (χ1v) is 6.22. The minimum Gasteiger partial charge on any atom is -0.271 e. The molecule has 0 aliphatic heterocycles. The Bertz CT molecular complexity index is 502. The van der Waals surface area contributed by atoms with E-state index < -0.39 is 0 Å². The van der Waals surface area contributed by atoms with E-state index in [9.17, 15) is 4.39 Å². The fourth-order valence-electron chi connectivity index (χ4n) is 1.77. The molecule has 0 amide bonds. The topological polar surface area (TPSA) is 38.0 Å². The zero-order valence-electron chi connectivity index (χ0n) is 9.83. The summed E-state index contributed by atoms with van der Waals surface area (Å²) in [6.07, 6.45) is 0. The van der Waals surface area contributed by atoms with Crippen molar-refractivity contribution in [3.05, 3.63) is 57.0 Å². The van der Waals surface area contributed by atoms with Gasteiger partial charge in [-0.1, -0.05) is 12.1 Å². The summed E-state index contributed by atoms with van der Waals surface area (Å²) in [5.41, 5.74) is 4.83. The summed E-state index contributed by atoms with van der Waals surface area (Å²) < 4.78 is 13.2. The molecule has 0 saturated carbocycles. The molecule has 1 aromatic heterocycles. The second-order valence-corrected chi connectivity index (χ2v) is 5.33. The van der Waals surface area contributed by atoms with Crippen molar-refractivity contribution >= 4 is 11.3 Å². The summed E-state index contributed by atoms with van der Waals surface area (Å²) >= 11 is 1.68. The van der Waals surface area contributed by atoms with Crippen LogP contribution in [0.25, 0.3) is 0 Å². The summed E-state index contributed by atoms with van der Waals surface area (Å²) in [4.78, 5) is 2.37. The first-order chi connectivity index (χ1) is 8.11. The fraction of sp³-hybridized carbons (Fsp3) is 0.231. The molecule has 1 heterocycles. The van der Waals surface area contributed by atoms with E-state index in [4.69, 9.17) is 5.84 Å². The molecule has 0 radical (unpaired) electrons. The number of benzene rings is 1. The number of hydrogen-bond donors (Lipinski definition) is 2. The van der Waals surface area contributed by atoms with Crippen LogP contribution in [-0.2, 0) is 0 Å². The van der Waals surface area contributed by atoms with Crippen LogP contribution in [0.2, 0.25) is 0 Å². The van der Waals surface area contributed by atoms with Crippen LogP contribution in [0, 0.1) is 19.7 Å². The quantitative estimate of drug-likeness (QED) is 0.649. The van der Waals surface area contributed by atoms with Gasteiger partial charge in [-0.3, -0.25) is 5.84 Å². The van der Waals surface area contributed by atoms with Gasteiger partial charge in [0.05, 0.1) is 6.04 Å². The van der Waals surface area contributed by atoms with Gasteiger partial charge in [0.2, 0.25) is 0 Å². The molecule has 17 heavy (non-hydrogen) atoms. The molecule has 1 aromatic carbocycles. The van der Waals surface area contributed by atoms with Gasteiger partial charge in [0.1, 0.15) is 5.82 Å². The highest BCUT2D eigenvalue weighted by molar-refractivity contribution is 7.12. The van der Waals surface area contributed by atoms with Crippen molar-refractivity contribution in [2.45, 2.75) is 19.9 Å². The van der Waals surface area contributed by atoms with Crippen molar-refractivity contribution in [2.75, 3.05) is 0 Å². The zero-order chi connectivity index (χ0) is 12.4. The number of hydrazine groups is 1. The Morgan fingerprint density at radius 2 is 2.06 bits per heavy atom. The molecule has 0 fully saturated rings. The smallest absolute Gasteiger partial charge is 0.123 e. The number of halogens is 1. The summed E-state index contributed by atoms with van der Waals surface area (Å²) in [7, 11) is 0. The van der Waals surface area contributed by atoms with Gasteiger partial charge in [-0.15, -0.1) is 11.3 Å². The molecule has 0 bridgehead atoms. The Balaban J connectivity index is 2.39. The molecule has 90 valence electrons. The maximum atomic E-state index is 13.2. The van der Waals surface area contributed by atoms with E-state index in [0.29, 0.717) is 0 Å². The average molecular weight is 250 g/mol. The van der Waals surface area contributed by atoms with Crippen molar-refractivity contribution in [3.8, 4) is 0 Å². The largest absolute Gasteiger partial charge is 0.271 e. The second-order valence-electron chi connectivity index (χ2n) is 4.04. The highest BCUT2D eigenvalue weighted by Gasteiger charge is 2.15. The molecule has 2 nitrogen and oxygen atoms in total. The number of nitrogens with one attached hydrogen (secondary N) is 1. The van der Waals surface area contributed by atoms with Gasteiger partial charge in [0.15, 0.2) is 0 Å². The van der Waals surface area contributed by atoms with Crippen molar-refractivity contribution < 1.29 is 4.39 Å². The van der Waals surface area contributed by atoms with E-state index in [1.807, 2.05) is 6.07 Å². The molecule has 2 aromatic rings. The number of aryl methyl sites for hydroxylation is 2. The molecule has 0 aliphatic rings. The predicted molar refractivity (Wildman–Crippen MR) is 69.4 cm³/mol. The average Bonchev–Trinajstić information content (AvgIpc) is 2.60. The van der Waals surface area contributed by atoms with Gasteiger partial charge >= 0.3 is 0 Å². The Morgan fingerprint density at radius 3 is 2.59 bits per heavy atom. The molecule has 0 saturated heterocycles.